The molecule has 0 aromatic heterocycles. The highest BCUT2D eigenvalue weighted by Gasteiger charge is 2.20. The second-order valence-corrected chi connectivity index (χ2v) is 10.1. The van der Waals surface area contributed by atoms with Gasteiger partial charge < -0.3 is 10.6 Å². The average Bonchev–Trinajstić information content (AvgIpc) is 2.40. The summed E-state index contributed by atoms with van der Waals surface area (Å²) < 4.78 is 22.6. The molecular weight excluding hydrogens is 310 g/mol. The standard InChI is InChI=1S/C17H37N3O2S/c1-14(2)9-8-10-15(3)20-16(18-6)19-13-17(4,5)11-12-23(7,21)22/h14-15H,8-13H2,1-7H3,(H2,18,19,20). The second kappa shape index (κ2) is 10.2. The molecule has 0 aromatic rings. The molecule has 1 atom stereocenters. The Labute approximate surface area is 143 Å². The number of rotatable bonds is 10. The van der Waals surface area contributed by atoms with Crippen LogP contribution >= 0.6 is 0 Å². The number of nitrogens with zero attached hydrogens (tertiary/aromatic N) is 1. The van der Waals surface area contributed by atoms with E-state index in [4.69, 9.17) is 0 Å². The molecule has 0 heterocycles. The van der Waals surface area contributed by atoms with Gasteiger partial charge in [0.25, 0.3) is 0 Å². The summed E-state index contributed by atoms with van der Waals surface area (Å²) in [6.07, 6.45) is 5.51. The zero-order valence-corrected chi connectivity index (χ0v) is 16.9. The molecule has 0 amide bonds. The van der Waals surface area contributed by atoms with Gasteiger partial charge in [0.2, 0.25) is 0 Å². The van der Waals surface area contributed by atoms with Crippen molar-refractivity contribution in [1.29, 1.82) is 0 Å². The van der Waals surface area contributed by atoms with Crippen molar-refractivity contribution in [1.82, 2.24) is 10.6 Å². The monoisotopic (exact) mass is 347 g/mol. The molecule has 0 saturated heterocycles. The first-order valence-electron chi connectivity index (χ1n) is 8.60. The third-order valence-electron chi connectivity index (χ3n) is 3.91. The smallest absolute Gasteiger partial charge is 0.191 e. The minimum absolute atomic E-state index is 0.0957. The highest BCUT2D eigenvalue weighted by Crippen LogP contribution is 2.19. The Morgan fingerprint density at radius 3 is 2.26 bits per heavy atom. The first-order chi connectivity index (χ1) is 10.4. The maximum Gasteiger partial charge on any atom is 0.191 e. The number of guanidine groups is 1. The fraction of sp³-hybridized carbons (Fsp3) is 0.941. The van der Waals surface area contributed by atoms with Crippen molar-refractivity contribution in [2.45, 2.75) is 66.3 Å². The average molecular weight is 348 g/mol. The summed E-state index contributed by atoms with van der Waals surface area (Å²) in [6, 6.07) is 0.374. The fourth-order valence-electron chi connectivity index (χ4n) is 2.21. The molecule has 0 aliphatic heterocycles. The van der Waals surface area contributed by atoms with E-state index in [2.05, 4.69) is 50.2 Å². The third-order valence-corrected chi connectivity index (χ3v) is 4.86. The minimum atomic E-state index is -2.91. The predicted molar refractivity (Wildman–Crippen MR) is 101 cm³/mol. The highest BCUT2D eigenvalue weighted by molar-refractivity contribution is 7.90. The lowest BCUT2D eigenvalue weighted by molar-refractivity contribution is 0.347. The van der Waals surface area contributed by atoms with Gasteiger partial charge in [-0.2, -0.15) is 0 Å². The van der Waals surface area contributed by atoms with Crippen molar-refractivity contribution in [2.24, 2.45) is 16.3 Å². The summed E-state index contributed by atoms with van der Waals surface area (Å²) in [5.41, 5.74) is -0.0957. The molecule has 2 N–H and O–H groups in total. The van der Waals surface area contributed by atoms with Gasteiger partial charge in [-0.05, 0) is 31.1 Å². The molecule has 0 aliphatic rings. The van der Waals surface area contributed by atoms with E-state index in [9.17, 15) is 8.42 Å². The van der Waals surface area contributed by atoms with Crippen molar-refractivity contribution in [3.05, 3.63) is 0 Å². The first kappa shape index (κ1) is 22.2. The SMILES string of the molecule is CN=C(NCC(C)(C)CCS(C)(=O)=O)NC(C)CCCC(C)C. The summed E-state index contributed by atoms with van der Waals surface area (Å²) in [6.45, 7) is 11.5. The van der Waals surface area contributed by atoms with Crippen LogP contribution in [0.25, 0.3) is 0 Å². The van der Waals surface area contributed by atoms with E-state index in [-0.39, 0.29) is 11.2 Å². The maximum atomic E-state index is 11.3. The molecule has 0 aromatic carbocycles. The molecule has 0 saturated carbocycles. The molecule has 0 spiro atoms. The minimum Gasteiger partial charge on any atom is -0.356 e. The van der Waals surface area contributed by atoms with Crippen LogP contribution in [0.2, 0.25) is 0 Å². The van der Waals surface area contributed by atoms with Gasteiger partial charge in [0.05, 0.1) is 5.75 Å². The van der Waals surface area contributed by atoms with Crippen LogP contribution in [0, 0.1) is 11.3 Å². The molecular formula is C17H37N3O2S. The predicted octanol–water partition coefficient (Wildman–Crippen LogP) is 2.83. The Bertz CT molecular complexity index is 456. The molecule has 1 unspecified atom stereocenters. The molecule has 0 bridgehead atoms. The summed E-state index contributed by atoms with van der Waals surface area (Å²) in [5, 5.41) is 6.73. The molecule has 138 valence electrons. The lowest BCUT2D eigenvalue weighted by atomic mass is 9.90. The van der Waals surface area contributed by atoms with Crippen LogP contribution in [0.3, 0.4) is 0 Å². The van der Waals surface area contributed by atoms with Gasteiger partial charge in [-0.1, -0.05) is 40.5 Å². The van der Waals surface area contributed by atoms with E-state index in [1.165, 1.54) is 19.1 Å². The van der Waals surface area contributed by atoms with Crippen LogP contribution in [0.1, 0.15) is 60.3 Å². The molecule has 0 aliphatic carbocycles. The Balaban J connectivity index is 4.23. The quantitative estimate of drug-likeness (QED) is 0.471. The number of nitrogens with one attached hydrogen (secondary N) is 2. The van der Waals surface area contributed by atoms with E-state index < -0.39 is 9.84 Å². The van der Waals surface area contributed by atoms with Crippen LogP contribution in [-0.2, 0) is 9.84 Å². The van der Waals surface area contributed by atoms with Gasteiger partial charge in [0, 0.05) is 25.9 Å². The maximum absolute atomic E-state index is 11.3. The van der Waals surface area contributed by atoms with Crippen LogP contribution in [0.4, 0.5) is 0 Å². The van der Waals surface area contributed by atoms with Crippen LogP contribution in [-0.4, -0.2) is 46.0 Å². The zero-order valence-electron chi connectivity index (χ0n) is 16.1. The molecule has 23 heavy (non-hydrogen) atoms. The van der Waals surface area contributed by atoms with Crippen molar-refractivity contribution < 1.29 is 8.42 Å². The normalized spacial score (nSPS) is 14.9. The Kier molecular flexibility index (Phi) is 9.82. The zero-order chi connectivity index (χ0) is 18.1. The van der Waals surface area contributed by atoms with E-state index in [1.54, 1.807) is 7.05 Å². The molecule has 6 heteroatoms. The van der Waals surface area contributed by atoms with Crippen molar-refractivity contribution >= 4 is 15.8 Å². The van der Waals surface area contributed by atoms with E-state index in [0.29, 0.717) is 19.0 Å². The lowest BCUT2D eigenvalue weighted by Crippen LogP contribution is -2.45. The highest BCUT2D eigenvalue weighted by atomic mass is 32.2. The number of aliphatic imine (C=N–C) groups is 1. The van der Waals surface area contributed by atoms with Crippen molar-refractivity contribution in [3.8, 4) is 0 Å². The van der Waals surface area contributed by atoms with E-state index >= 15 is 0 Å². The number of sulfone groups is 1. The van der Waals surface area contributed by atoms with E-state index in [0.717, 1.165) is 18.3 Å². The van der Waals surface area contributed by atoms with Crippen molar-refractivity contribution in [3.63, 3.8) is 0 Å². The van der Waals surface area contributed by atoms with Crippen LogP contribution < -0.4 is 10.6 Å². The van der Waals surface area contributed by atoms with Gasteiger partial charge in [0.1, 0.15) is 9.84 Å². The first-order valence-corrected chi connectivity index (χ1v) is 10.7. The summed E-state index contributed by atoms with van der Waals surface area (Å²) in [7, 11) is -1.15. The van der Waals surface area contributed by atoms with Gasteiger partial charge >= 0.3 is 0 Å². The molecule has 0 fully saturated rings. The Morgan fingerprint density at radius 2 is 1.78 bits per heavy atom. The summed E-state index contributed by atoms with van der Waals surface area (Å²) in [4.78, 5) is 4.26. The Hall–Kier alpha value is -0.780. The van der Waals surface area contributed by atoms with E-state index in [1.807, 2.05) is 0 Å². The fourth-order valence-corrected chi connectivity index (χ4v) is 3.13. The Morgan fingerprint density at radius 1 is 1.17 bits per heavy atom. The molecule has 0 radical (unpaired) electrons. The summed E-state index contributed by atoms with van der Waals surface area (Å²) in [5.74, 6) is 1.75. The number of hydrogen-bond donors (Lipinski definition) is 2. The molecule has 5 nitrogen and oxygen atoms in total. The number of hydrogen-bond acceptors (Lipinski definition) is 3. The van der Waals surface area contributed by atoms with Crippen LogP contribution in [0.15, 0.2) is 4.99 Å². The van der Waals surface area contributed by atoms with Gasteiger partial charge in [0.15, 0.2) is 5.96 Å². The largest absolute Gasteiger partial charge is 0.356 e. The lowest BCUT2D eigenvalue weighted by Gasteiger charge is -2.27. The van der Waals surface area contributed by atoms with Gasteiger partial charge in [-0.25, -0.2) is 8.42 Å². The van der Waals surface area contributed by atoms with Gasteiger partial charge in [-0.15, -0.1) is 0 Å². The van der Waals surface area contributed by atoms with Crippen molar-refractivity contribution in [2.75, 3.05) is 25.6 Å². The topological polar surface area (TPSA) is 70.6 Å². The second-order valence-electron chi connectivity index (χ2n) is 7.84. The van der Waals surface area contributed by atoms with Crippen LogP contribution in [0.5, 0.6) is 0 Å². The van der Waals surface area contributed by atoms with Gasteiger partial charge in [-0.3, -0.25) is 4.99 Å². The third kappa shape index (κ3) is 13.4. The molecule has 0 rings (SSSR count). The summed E-state index contributed by atoms with van der Waals surface area (Å²) >= 11 is 0.